The van der Waals surface area contributed by atoms with Crippen LogP contribution in [0.15, 0.2) is 64.1 Å². The number of rotatable bonds is 9. The Morgan fingerprint density at radius 1 is 0.872 bits per heavy atom. The average molecular weight is 569 g/mol. The van der Waals surface area contributed by atoms with Crippen LogP contribution in [0.1, 0.15) is 18.6 Å². The quantitative estimate of drug-likeness (QED) is 0.193. The molecule has 3 amide bonds. The van der Waals surface area contributed by atoms with Gasteiger partial charge in [0.05, 0.1) is 6.21 Å². The van der Waals surface area contributed by atoms with Gasteiger partial charge in [-0.2, -0.15) is 5.10 Å². The van der Waals surface area contributed by atoms with Gasteiger partial charge < -0.3 is 14.2 Å². The molecule has 0 radical (unpaired) electrons. The van der Waals surface area contributed by atoms with E-state index < -0.39 is 6.03 Å². The van der Waals surface area contributed by atoms with Crippen molar-refractivity contribution >= 4 is 41.4 Å². The average Bonchev–Trinajstić information content (AvgIpc) is 3.51. The highest BCUT2D eigenvalue weighted by molar-refractivity contribution is 6.31. The molecule has 204 valence electrons. The number of imide groups is 1. The van der Waals surface area contributed by atoms with E-state index >= 15 is 0 Å². The van der Waals surface area contributed by atoms with Crippen molar-refractivity contribution in [1.29, 1.82) is 0 Å². The Balaban J connectivity index is 1.19. The Kier molecular flexibility index (Phi) is 8.67. The predicted molar refractivity (Wildman–Crippen MR) is 154 cm³/mol. The second kappa shape index (κ2) is 12.3. The van der Waals surface area contributed by atoms with Crippen molar-refractivity contribution in [3.63, 3.8) is 0 Å². The van der Waals surface area contributed by atoms with Gasteiger partial charge in [0.2, 0.25) is 0 Å². The zero-order valence-electron chi connectivity index (χ0n) is 21.9. The maximum Gasteiger partial charge on any atom is 0.347 e. The van der Waals surface area contributed by atoms with Crippen LogP contribution < -0.4 is 0 Å². The number of carbonyl (C=O) groups is 2. The van der Waals surface area contributed by atoms with E-state index in [1.54, 1.807) is 12.1 Å². The van der Waals surface area contributed by atoms with Gasteiger partial charge in [0.15, 0.2) is 0 Å². The van der Waals surface area contributed by atoms with Crippen molar-refractivity contribution in [3.8, 4) is 22.5 Å². The molecule has 0 unspecified atom stereocenters. The van der Waals surface area contributed by atoms with Gasteiger partial charge in [0.1, 0.15) is 18.1 Å². The first-order valence-corrected chi connectivity index (χ1v) is 13.9. The number of halogens is 2. The fraction of sp³-hybridized carbons (Fsp3) is 0.345. The van der Waals surface area contributed by atoms with Crippen LogP contribution in [0.5, 0.6) is 0 Å². The summed E-state index contributed by atoms with van der Waals surface area (Å²) in [6.45, 7) is 5.61. The minimum absolute atomic E-state index is 0.0702. The maximum absolute atomic E-state index is 12.8. The first kappa shape index (κ1) is 27.4. The molecular formula is C29H31Cl2N5O3. The lowest BCUT2D eigenvalue weighted by molar-refractivity contribution is -0.125. The van der Waals surface area contributed by atoms with Crippen LogP contribution in [0.4, 0.5) is 4.79 Å². The molecule has 0 saturated carbocycles. The molecule has 10 heteroatoms. The molecule has 0 bridgehead atoms. The van der Waals surface area contributed by atoms with Crippen molar-refractivity contribution in [1.82, 2.24) is 19.7 Å². The van der Waals surface area contributed by atoms with Crippen molar-refractivity contribution in [2.45, 2.75) is 12.8 Å². The SMILES string of the molecule is CN1CCN(CCCCN2C(=O)CN(/N=C/c3ccc(-c4ccc(Cl)cc4-c4ccc(Cl)cc4)o3)C2=O)CC1. The lowest BCUT2D eigenvalue weighted by Gasteiger charge is -2.32. The zero-order valence-corrected chi connectivity index (χ0v) is 23.4. The van der Waals surface area contributed by atoms with Crippen LogP contribution in [0.3, 0.4) is 0 Å². The summed E-state index contributed by atoms with van der Waals surface area (Å²) in [5.41, 5.74) is 2.71. The van der Waals surface area contributed by atoms with Gasteiger partial charge >= 0.3 is 6.03 Å². The molecule has 8 nitrogen and oxygen atoms in total. The summed E-state index contributed by atoms with van der Waals surface area (Å²) in [5.74, 6) is 0.863. The largest absolute Gasteiger partial charge is 0.455 e. The van der Waals surface area contributed by atoms with Crippen LogP contribution in [-0.2, 0) is 4.79 Å². The van der Waals surface area contributed by atoms with E-state index in [2.05, 4.69) is 21.9 Å². The number of nitrogens with zero attached hydrogens (tertiary/aromatic N) is 5. The second-order valence-electron chi connectivity index (χ2n) is 9.88. The molecule has 0 aliphatic carbocycles. The van der Waals surface area contributed by atoms with Crippen molar-refractivity contribution in [2.24, 2.45) is 5.10 Å². The molecule has 0 spiro atoms. The van der Waals surface area contributed by atoms with E-state index in [0.29, 0.717) is 28.1 Å². The lowest BCUT2D eigenvalue weighted by atomic mass is 9.98. The third-order valence-corrected chi connectivity index (χ3v) is 7.58. The molecular weight excluding hydrogens is 537 g/mol. The van der Waals surface area contributed by atoms with E-state index in [0.717, 1.165) is 62.3 Å². The first-order chi connectivity index (χ1) is 18.9. The Morgan fingerprint density at radius 3 is 2.36 bits per heavy atom. The number of benzene rings is 2. The minimum Gasteiger partial charge on any atom is -0.455 e. The molecule has 0 atom stereocenters. The standard InChI is InChI=1S/C29H31Cl2N5O3/c1-33-14-16-34(17-15-33)12-2-3-13-35-28(37)20-36(29(35)38)32-19-24-9-11-27(39-24)25-10-8-23(31)18-26(25)21-4-6-22(30)7-5-21/h4-11,18-19H,2-3,12-17,20H2,1H3/b32-19+. The van der Waals surface area contributed by atoms with E-state index in [-0.39, 0.29) is 12.5 Å². The molecule has 39 heavy (non-hydrogen) atoms. The molecule has 2 fully saturated rings. The molecule has 2 saturated heterocycles. The summed E-state index contributed by atoms with van der Waals surface area (Å²) < 4.78 is 6.03. The highest BCUT2D eigenvalue weighted by Gasteiger charge is 2.35. The second-order valence-corrected chi connectivity index (χ2v) is 10.8. The number of urea groups is 1. The maximum atomic E-state index is 12.8. The van der Waals surface area contributed by atoms with Crippen molar-refractivity contribution in [3.05, 3.63) is 70.4 Å². The third-order valence-electron chi connectivity index (χ3n) is 7.09. The number of hydrazone groups is 1. The Bertz CT molecular complexity index is 1350. The normalized spacial score (nSPS) is 17.2. The predicted octanol–water partition coefficient (Wildman–Crippen LogP) is 5.55. The summed E-state index contributed by atoms with van der Waals surface area (Å²) in [4.78, 5) is 31.3. The summed E-state index contributed by atoms with van der Waals surface area (Å²) in [5, 5.41) is 6.70. The topological polar surface area (TPSA) is 72.6 Å². The number of hydrogen-bond acceptors (Lipinski definition) is 6. The van der Waals surface area contributed by atoms with Gasteiger partial charge in [-0.05, 0) is 80.0 Å². The van der Waals surface area contributed by atoms with Crippen molar-refractivity contribution in [2.75, 3.05) is 52.9 Å². The Labute approximate surface area is 238 Å². The van der Waals surface area contributed by atoms with Gasteiger partial charge in [-0.1, -0.05) is 35.3 Å². The summed E-state index contributed by atoms with van der Waals surface area (Å²) >= 11 is 12.3. The third kappa shape index (κ3) is 6.70. The number of unbranched alkanes of at least 4 members (excludes halogenated alkanes) is 1. The van der Waals surface area contributed by atoms with Crippen LogP contribution in [0.2, 0.25) is 10.0 Å². The van der Waals surface area contributed by atoms with Gasteiger partial charge in [-0.25, -0.2) is 9.80 Å². The fourth-order valence-electron chi connectivity index (χ4n) is 4.81. The van der Waals surface area contributed by atoms with Crippen molar-refractivity contribution < 1.29 is 14.0 Å². The number of furan rings is 1. The molecule has 2 aliphatic heterocycles. The number of carbonyl (C=O) groups excluding carboxylic acids is 2. The number of amides is 3. The molecule has 2 aliphatic rings. The van der Waals surface area contributed by atoms with Gasteiger partial charge in [0.25, 0.3) is 5.91 Å². The van der Waals surface area contributed by atoms with E-state index in [9.17, 15) is 9.59 Å². The van der Waals surface area contributed by atoms with Gasteiger partial charge in [-0.15, -0.1) is 0 Å². The van der Waals surface area contributed by atoms with E-state index in [1.165, 1.54) is 16.1 Å². The zero-order chi connectivity index (χ0) is 27.4. The molecule has 0 N–H and O–H groups in total. The van der Waals surface area contributed by atoms with Crippen LogP contribution >= 0.6 is 23.2 Å². The van der Waals surface area contributed by atoms with Gasteiger partial charge in [0, 0.05) is 48.3 Å². The Morgan fingerprint density at radius 2 is 1.59 bits per heavy atom. The minimum atomic E-state index is -0.398. The monoisotopic (exact) mass is 567 g/mol. The number of hydrogen-bond donors (Lipinski definition) is 0. The molecule has 1 aromatic heterocycles. The summed E-state index contributed by atoms with van der Waals surface area (Å²) in [6, 6.07) is 16.3. The lowest BCUT2D eigenvalue weighted by Crippen LogP contribution is -2.44. The fourth-order valence-corrected chi connectivity index (χ4v) is 5.11. The van der Waals surface area contributed by atoms with Gasteiger partial charge in [-0.3, -0.25) is 9.69 Å². The van der Waals surface area contributed by atoms with Crippen LogP contribution in [0, 0.1) is 0 Å². The van der Waals surface area contributed by atoms with E-state index in [4.69, 9.17) is 27.6 Å². The van der Waals surface area contributed by atoms with Crippen LogP contribution in [0.25, 0.3) is 22.5 Å². The number of piperazine rings is 1. The highest BCUT2D eigenvalue weighted by atomic mass is 35.5. The summed E-state index contributed by atoms with van der Waals surface area (Å²) in [6.07, 6.45) is 3.19. The highest BCUT2D eigenvalue weighted by Crippen LogP contribution is 2.35. The molecule has 2 aromatic carbocycles. The van der Waals surface area contributed by atoms with E-state index in [1.807, 2.05) is 42.5 Å². The first-order valence-electron chi connectivity index (χ1n) is 13.1. The molecule has 3 heterocycles. The van der Waals surface area contributed by atoms with Crippen LogP contribution in [-0.4, -0.2) is 90.7 Å². The smallest absolute Gasteiger partial charge is 0.347 e. The summed E-state index contributed by atoms with van der Waals surface area (Å²) in [7, 11) is 2.14. The molecule has 5 rings (SSSR count). The number of likely N-dealkylation sites (N-methyl/N-ethyl adjacent to an activating group) is 1. The molecule has 3 aromatic rings. The Hall–Kier alpha value is -3.17.